The summed E-state index contributed by atoms with van der Waals surface area (Å²) < 4.78 is 0. The summed E-state index contributed by atoms with van der Waals surface area (Å²) in [7, 11) is 0. The summed E-state index contributed by atoms with van der Waals surface area (Å²) in [6, 6.07) is 7.92. The fraction of sp³-hybridized carbons (Fsp3) is 0.556. The maximum atomic E-state index is 12.6. The lowest BCUT2D eigenvalue weighted by molar-refractivity contribution is -0.129. The number of rotatable bonds is 7. The van der Waals surface area contributed by atoms with Gasteiger partial charge in [0.15, 0.2) is 0 Å². The Kier molecular flexibility index (Phi) is 6.96. The Balaban J connectivity index is 2.04. The monoisotopic (exact) mass is 334 g/mol. The van der Waals surface area contributed by atoms with Crippen LogP contribution >= 0.6 is 11.8 Å². The van der Waals surface area contributed by atoms with E-state index in [1.807, 2.05) is 18.4 Å². The van der Waals surface area contributed by atoms with Crippen LogP contribution in [0.15, 0.2) is 24.3 Å². The van der Waals surface area contributed by atoms with Crippen LogP contribution in [-0.4, -0.2) is 29.9 Å². The van der Waals surface area contributed by atoms with Crippen molar-refractivity contribution in [2.45, 2.75) is 51.1 Å². The number of hydrogen-bond donors (Lipinski definition) is 2. The van der Waals surface area contributed by atoms with E-state index >= 15 is 0 Å². The van der Waals surface area contributed by atoms with E-state index < -0.39 is 6.04 Å². The highest BCUT2D eigenvalue weighted by Gasteiger charge is 2.26. The van der Waals surface area contributed by atoms with E-state index in [0.29, 0.717) is 12.8 Å². The van der Waals surface area contributed by atoms with Crippen molar-refractivity contribution in [2.24, 2.45) is 0 Å². The van der Waals surface area contributed by atoms with E-state index in [0.717, 1.165) is 25.0 Å². The van der Waals surface area contributed by atoms with Crippen LogP contribution in [0.25, 0.3) is 0 Å². The number of benzene rings is 1. The molecule has 2 N–H and O–H groups in total. The fourth-order valence-electron chi connectivity index (χ4n) is 2.98. The van der Waals surface area contributed by atoms with E-state index in [2.05, 4.69) is 22.8 Å². The van der Waals surface area contributed by atoms with Gasteiger partial charge < -0.3 is 10.6 Å². The molecule has 5 heteroatoms. The topological polar surface area (TPSA) is 58.2 Å². The van der Waals surface area contributed by atoms with Gasteiger partial charge in [0.05, 0.1) is 6.04 Å². The number of hydrogen-bond acceptors (Lipinski definition) is 3. The van der Waals surface area contributed by atoms with Gasteiger partial charge in [-0.05, 0) is 48.8 Å². The van der Waals surface area contributed by atoms with Crippen molar-refractivity contribution in [1.29, 1.82) is 0 Å². The zero-order valence-electron chi connectivity index (χ0n) is 13.9. The van der Waals surface area contributed by atoms with Crippen LogP contribution in [0.2, 0.25) is 0 Å². The second-order valence-electron chi connectivity index (χ2n) is 5.91. The lowest BCUT2D eigenvalue weighted by Gasteiger charge is -2.28. The van der Waals surface area contributed by atoms with Crippen molar-refractivity contribution in [3.05, 3.63) is 35.4 Å². The average Bonchev–Trinajstić information content (AvgIpc) is 2.58. The van der Waals surface area contributed by atoms with Crippen LogP contribution in [0.4, 0.5) is 0 Å². The van der Waals surface area contributed by atoms with Gasteiger partial charge in [-0.25, -0.2) is 0 Å². The first-order valence-electron chi connectivity index (χ1n) is 8.32. The van der Waals surface area contributed by atoms with E-state index in [1.54, 1.807) is 18.7 Å². The number of carbonyl (C=O) groups is 2. The van der Waals surface area contributed by atoms with Gasteiger partial charge >= 0.3 is 0 Å². The summed E-state index contributed by atoms with van der Waals surface area (Å²) in [5.41, 5.74) is 2.54. The van der Waals surface area contributed by atoms with Gasteiger partial charge in [-0.1, -0.05) is 31.2 Å². The van der Waals surface area contributed by atoms with Gasteiger partial charge in [0.2, 0.25) is 11.8 Å². The van der Waals surface area contributed by atoms with Crippen molar-refractivity contribution in [1.82, 2.24) is 10.6 Å². The molecule has 1 aromatic rings. The van der Waals surface area contributed by atoms with Crippen LogP contribution in [0.5, 0.6) is 0 Å². The lowest BCUT2D eigenvalue weighted by atomic mass is 9.87. The Morgan fingerprint density at radius 2 is 2.13 bits per heavy atom. The smallest absolute Gasteiger partial charge is 0.243 e. The summed E-state index contributed by atoms with van der Waals surface area (Å²) in [4.78, 5) is 24.3. The molecule has 0 fully saturated rings. The molecule has 1 aromatic carbocycles. The van der Waals surface area contributed by atoms with Crippen molar-refractivity contribution in [3.63, 3.8) is 0 Å². The Labute approximate surface area is 142 Å². The standard InChI is InChI=1S/C18H26N2O2S/c1-3-17(21)19-16(11-12-23-2)18(22)20-15-10-6-8-13-7-4-5-9-14(13)15/h4-5,7,9,15-16H,3,6,8,10-12H2,1-2H3,(H,19,21)(H,20,22)/t15-,16+/m0/s1. The summed E-state index contributed by atoms with van der Waals surface area (Å²) >= 11 is 1.69. The van der Waals surface area contributed by atoms with Crippen molar-refractivity contribution < 1.29 is 9.59 Å². The first-order chi connectivity index (χ1) is 11.2. The third kappa shape index (κ3) is 4.99. The molecule has 2 amide bonds. The van der Waals surface area contributed by atoms with Crippen LogP contribution < -0.4 is 10.6 Å². The first kappa shape index (κ1) is 17.9. The molecule has 0 aliphatic heterocycles. The molecule has 0 unspecified atom stereocenters. The largest absolute Gasteiger partial charge is 0.348 e. The zero-order valence-corrected chi connectivity index (χ0v) is 14.7. The summed E-state index contributed by atoms with van der Waals surface area (Å²) in [5.74, 6) is 0.710. The molecule has 1 aliphatic rings. The minimum Gasteiger partial charge on any atom is -0.348 e. The normalized spacial score (nSPS) is 17.9. The van der Waals surface area contributed by atoms with E-state index in [1.165, 1.54) is 11.1 Å². The molecular weight excluding hydrogens is 308 g/mol. The minimum atomic E-state index is -0.441. The van der Waals surface area contributed by atoms with Gasteiger partial charge in [0.25, 0.3) is 0 Å². The predicted octanol–water partition coefficient (Wildman–Crippen LogP) is 2.83. The molecule has 0 saturated heterocycles. The summed E-state index contributed by atoms with van der Waals surface area (Å²) in [6.07, 6.45) is 6.18. The second kappa shape index (κ2) is 8.96. The molecule has 126 valence electrons. The molecule has 4 nitrogen and oxygen atoms in total. The van der Waals surface area contributed by atoms with Gasteiger partial charge in [-0.2, -0.15) is 11.8 Å². The maximum absolute atomic E-state index is 12.6. The first-order valence-corrected chi connectivity index (χ1v) is 9.71. The van der Waals surface area contributed by atoms with Crippen LogP contribution in [0.3, 0.4) is 0 Å². The molecule has 2 atom stereocenters. The number of thioether (sulfide) groups is 1. The van der Waals surface area contributed by atoms with Crippen molar-refractivity contribution in [3.8, 4) is 0 Å². The molecular formula is C18H26N2O2S. The molecule has 0 radical (unpaired) electrons. The zero-order chi connectivity index (χ0) is 16.7. The minimum absolute atomic E-state index is 0.0581. The third-order valence-corrected chi connectivity index (χ3v) is 4.91. The Bertz CT molecular complexity index is 548. The third-order valence-electron chi connectivity index (χ3n) is 4.27. The quantitative estimate of drug-likeness (QED) is 0.806. The van der Waals surface area contributed by atoms with Gasteiger partial charge in [-0.15, -0.1) is 0 Å². The number of nitrogens with one attached hydrogen (secondary N) is 2. The highest BCUT2D eigenvalue weighted by molar-refractivity contribution is 7.98. The van der Waals surface area contributed by atoms with E-state index in [-0.39, 0.29) is 17.9 Å². The van der Waals surface area contributed by atoms with E-state index in [4.69, 9.17) is 0 Å². The van der Waals surface area contributed by atoms with Gasteiger partial charge in [-0.3, -0.25) is 9.59 Å². The molecule has 2 rings (SSSR count). The molecule has 23 heavy (non-hydrogen) atoms. The predicted molar refractivity (Wildman–Crippen MR) is 95.5 cm³/mol. The number of carbonyl (C=O) groups excluding carboxylic acids is 2. The lowest BCUT2D eigenvalue weighted by Crippen LogP contribution is -2.48. The molecule has 0 spiro atoms. The van der Waals surface area contributed by atoms with Gasteiger partial charge in [0.1, 0.15) is 6.04 Å². The van der Waals surface area contributed by atoms with Crippen LogP contribution in [0, 0.1) is 0 Å². The van der Waals surface area contributed by atoms with Crippen molar-refractivity contribution in [2.75, 3.05) is 12.0 Å². The molecule has 1 aliphatic carbocycles. The Morgan fingerprint density at radius 1 is 1.35 bits per heavy atom. The number of aryl methyl sites for hydroxylation is 1. The molecule has 0 aromatic heterocycles. The van der Waals surface area contributed by atoms with Crippen molar-refractivity contribution >= 4 is 23.6 Å². The number of amides is 2. The Morgan fingerprint density at radius 3 is 2.87 bits per heavy atom. The van der Waals surface area contributed by atoms with Crippen LogP contribution in [0.1, 0.15) is 49.8 Å². The second-order valence-corrected chi connectivity index (χ2v) is 6.89. The Hall–Kier alpha value is -1.49. The van der Waals surface area contributed by atoms with Crippen LogP contribution in [-0.2, 0) is 16.0 Å². The van der Waals surface area contributed by atoms with Gasteiger partial charge in [0, 0.05) is 6.42 Å². The summed E-state index contributed by atoms with van der Waals surface area (Å²) in [6.45, 7) is 1.80. The fourth-order valence-corrected chi connectivity index (χ4v) is 3.45. The molecule has 0 saturated carbocycles. The molecule has 0 heterocycles. The number of fused-ring (bicyclic) bond motifs is 1. The highest BCUT2D eigenvalue weighted by atomic mass is 32.2. The summed E-state index contributed by atoms with van der Waals surface area (Å²) in [5, 5.41) is 6.00. The molecule has 0 bridgehead atoms. The van der Waals surface area contributed by atoms with E-state index in [9.17, 15) is 9.59 Å². The highest BCUT2D eigenvalue weighted by Crippen LogP contribution is 2.29. The SMILES string of the molecule is CCC(=O)N[C@H](CCSC)C(=O)N[C@H]1CCCc2ccccc21. The average molecular weight is 334 g/mol. The maximum Gasteiger partial charge on any atom is 0.243 e.